The summed E-state index contributed by atoms with van der Waals surface area (Å²) in [6, 6.07) is 18.4. The first-order valence-corrected chi connectivity index (χ1v) is 11.1. The average molecular weight is 443 g/mol. The van der Waals surface area contributed by atoms with Crippen molar-refractivity contribution in [3.63, 3.8) is 0 Å². The number of allylic oxidation sites excluding steroid dienone is 1. The quantitative estimate of drug-likeness (QED) is 0.397. The number of nitrogens with zero attached hydrogens (tertiary/aromatic N) is 2. The smallest absolute Gasteiger partial charge is 0.125 e. The van der Waals surface area contributed by atoms with Gasteiger partial charge in [0.1, 0.15) is 11.6 Å². The van der Waals surface area contributed by atoms with Crippen molar-refractivity contribution in [2.45, 2.75) is 32.8 Å². The van der Waals surface area contributed by atoms with E-state index < -0.39 is 6.10 Å². The van der Waals surface area contributed by atoms with Crippen LogP contribution in [0.3, 0.4) is 0 Å². The standard InChI is InChI=1S/C28H27FN2O2/c1-18-14-24-20(17-30-31(24)22-11-9-21(29)10-12-22)15-28(18,2)16-25(32)27-23-7-5-4-6-19(23)8-13-26(27)33-3/h4-14,17,25,32H,15-16H2,1-3H3/t25?,28-/m0/s1. The Labute approximate surface area is 192 Å². The maximum atomic E-state index is 13.4. The fourth-order valence-corrected chi connectivity index (χ4v) is 4.97. The predicted octanol–water partition coefficient (Wildman–Crippen LogP) is 6.26. The van der Waals surface area contributed by atoms with Gasteiger partial charge < -0.3 is 9.84 Å². The molecule has 1 aromatic heterocycles. The van der Waals surface area contributed by atoms with Crippen molar-refractivity contribution >= 4 is 16.8 Å². The fraction of sp³-hybridized carbons (Fsp3) is 0.250. The van der Waals surface area contributed by atoms with E-state index in [4.69, 9.17) is 4.74 Å². The van der Waals surface area contributed by atoms with Gasteiger partial charge in [-0.3, -0.25) is 0 Å². The minimum absolute atomic E-state index is 0.245. The Morgan fingerprint density at radius 1 is 1.12 bits per heavy atom. The van der Waals surface area contributed by atoms with Gasteiger partial charge in [-0.25, -0.2) is 9.07 Å². The molecule has 4 nitrogen and oxygen atoms in total. The lowest BCUT2D eigenvalue weighted by Crippen LogP contribution is -2.27. The van der Waals surface area contributed by atoms with Crippen LogP contribution in [0.2, 0.25) is 0 Å². The second-order valence-electron chi connectivity index (χ2n) is 9.13. The molecule has 33 heavy (non-hydrogen) atoms. The lowest BCUT2D eigenvalue weighted by Gasteiger charge is -2.36. The van der Waals surface area contributed by atoms with E-state index in [2.05, 4.69) is 31.1 Å². The van der Waals surface area contributed by atoms with Crippen molar-refractivity contribution in [1.29, 1.82) is 0 Å². The summed E-state index contributed by atoms with van der Waals surface area (Å²) in [7, 11) is 1.64. The van der Waals surface area contributed by atoms with Crippen LogP contribution >= 0.6 is 0 Å². The molecule has 0 spiro atoms. The van der Waals surface area contributed by atoms with Crippen molar-refractivity contribution in [3.05, 3.63) is 95.1 Å². The second-order valence-corrected chi connectivity index (χ2v) is 9.13. The maximum Gasteiger partial charge on any atom is 0.125 e. The van der Waals surface area contributed by atoms with Gasteiger partial charge in [0, 0.05) is 5.56 Å². The highest BCUT2D eigenvalue weighted by molar-refractivity contribution is 5.88. The molecule has 2 atom stereocenters. The Balaban J connectivity index is 1.49. The van der Waals surface area contributed by atoms with Gasteiger partial charge in [0.15, 0.2) is 0 Å². The van der Waals surface area contributed by atoms with Crippen LogP contribution in [0.1, 0.15) is 43.2 Å². The van der Waals surface area contributed by atoms with Crippen molar-refractivity contribution in [1.82, 2.24) is 9.78 Å². The number of hydrogen-bond acceptors (Lipinski definition) is 3. The maximum absolute atomic E-state index is 13.4. The minimum atomic E-state index is -0.687. The molecule has 1 N–H and O–H groups in total. The van der Waals surface area contributed by atoms with Crippen LogP contribution in [0.15, 0.2) is 72.4 Å². The zero-order valence-electron chi connectivity index (χ0n) is 19.0. The molecule has 1 aliphatic carbocycles. The van der Waals surface area contributed by atoms with Crippen molar-refractivity contribution in [2.75, 3.05) is 7.11 Å². The summed E-state index contributed by atoms with van der Waals surface area (Å²) >= 11 is 0. The highest BCUT2D eigenvalue weighted by atomic mass is 19.1. The summed E-state index contributed by atoms with van der Waals surface area (Å²) in [5, 5.41) is 18.1. The number of rotatable bonds is 5. The zero-order valence-corrected chi connectivity index (χ0v) is 19.0. The van der Waals surface area contributed by atoms with Gasteiger partial charge in [0.05, 0.1) is 30.8 Å². The zero-order chi connectivity index (χ0) is 23.2. The van der Waals surface area contributed by atoms with Crippen LogP contribution in [0.25, 0.3) is 22.5 Å². The minimum Gasteiger partial charge on any atom is -0.496 e. The van der Waals surface area contributed by atoms with Gasteiger partial charge in [-0.1, -0.05) is 42.8 Å². The lowest BCUT2D eigenvalue weighted by molar-refractivity contribution is 0.119. The Kier molecular flexibility index (Phi) is 5.29. The average Bonchev–Trinajstić information content (AvgIpc) is 3.20. The van der Waals surface area contributed by atoms with Crippen LogP contribution in [0, 0.1) is 11.2 Å². The Morgan fingerprint density at radius 2 is 1.88 bits per heavy atom. The molecule has 1 aliphatic rings. The molecule has 4 aromatic rings. The number of aromatic nitrogens is 2. The molecular weight excluding hydrogens is 415 g/mol. The SMILES string of the molecule is COc1ccc2ccccc2c1C(O)C[C@]1(C)Cc2cnn(-c3ccc(F)cc3)c2C=C1C. The third-order valence-electron chi connectivity index (χ3n) is 6.97. The molecular formula is C28H27FN2O2. The first-order valence-electron chi connectivity index (χ1n) is 11.1. The summed E-state index contributed by atoms with van der Waals surface area (Å²) < 4.78 is 20.8. The number of benzene rings is 3. The second kappa shape index (κ2) is 8.16. The molecule has 1 heterocycles. The molecule has 0 aliphatic heterocycles. The number of fused-ring (bicyclic) bond motifs is 2. The highest BCUT2D eigenvalue weighted by Crippen LogP contribution is 2.46. The Morgan fingerprint density at radius 3 is 2.64 bits per heavy atom. The van der Waals surface area contributed by atoms with Gasteiger partial charge >= 0.3 is 0 Å². The van der Waals surface area contributed by atoms with Gasteiger partial charge in [0.25, 0.3) is 0 Å². The van der Waals surface area contributed by atoms with E-state index >= 15 is 0 Å². The molecule has 5 heteroatoms. The van der Waals surface area contributed by atoms with Gasteiger partial charge in [-0.05, 0) is 77.9 Å². The van der Waals surface area contributed by atoms with E-state index in [1.807, 2.05) is 41.2 Å². The van der Waals surface area contributed by atoms with Gasteiger partial charge in [-0.2, -0.15) is 5.10 Å². The molecule has 5 rings (SSSR count). The molecule has 0 amide bonds. The molecule has 168 valence electrons. The number of hydrogen-bond donors (Lipinski definition) is 1. The van der Waals surface area contributed by atoms with Crippen molar-refractivity contribution < 1.29 is 14.2 Å². The van der Waals surface area contributed by atoms with Crippen molar-refractivity contribution in [3.8, 4) is 11.4 Å². The normalized spacial score (nSPS) is 18.6. The topological polar surface area (TPSA) is 47.3 Å². The van der Waals surface area contributed by atoms with Crippen LogP contribution < -0.4 is 4.74 Å². The molecule has 1 unspecified atom stereocenters. The third kappa shape index (κ3) is 3.72. The Hall–Kier alpha value is -3.44. The third-order valence-corrected chi connectivity index (χ3v) is 6.97. The van der Waals surface area contributed by atoms with Crippen LogP contribution in [0.5, 0.6) is 5.75 Å². The van der Waals surface area contributed by atoms with E-state index in [-0.39, 0.29) is 11.2 Å². The largest absolute Gasteiger partial charge is 0.496 e. The lowest BCUT2D eigenvalue weighted by atomic mass is 9.69. The molecule has 0 fully saturated rings. The Bertz CT molecular complexity index is 1360. The summed E-state index contributed by atoms with van der Waals surface area (Å²) in [5.74, 6) is 0.434. The summed E-state index contributed by atoms with van der Waals surface area (Å²) in [5.41, 5.74) is 4.71. The predicted molar refractivity (Wildman–Crippen MR) is 129 cm³/mol. The highest BCUT2D eigenvalue weighted by Gasteiger charge is 2.36. The van der Waals surface area contributed by atoms with E-state index in [1.54, 1.807) is 19.2 Å². The monoisotopic (exact) mass is 442 g/mol. The van der Waals surface area contributed by atoms with Crippen LogP contribution in [-0.2, 0) is 6.42 Å². The number of aliphatic hydroxyl groups is 1. The number of halogens is 1. The first kappa shape index (κ1) is 21.4. The van der Waals surface area contributed by atoms with E-state index in [1.165, 1.54) is 17.7 Å². The molecule has 3 aromatic carbocycles. The molecule has 0 bridgehead atoms. The van der Waals surface area contributed by atoms with E-state index in [0.717, 1.165) is 39.7 Å². The van der Waals surface area contributed by atoms with E-state index in [0.29, 0.717) is 12.2 Å². The summed E-state index contributed by atoms with van der Waals surface area (Å²) in [6.45, 7) is 4.30. The number of aliphatic hydroxyl groups excluding tert-OH is 1. The molecule has 0 saturated heterocycles. The van der Waals surface area contributed by atoms with Crippen molar-refractivity contribution in [2.24, 2.45) is 5.41 Å². The number of methoxy groups -OCH3 is 1. The van der Waals surface area contributed by atoms with Gasteiger partial charge in [0.2, 0.25) is 0 Å². The summed E-state index contributed by atoms with van der Waals surface area (Å²) in [4.78, 5) is 0. The van der Waals surface area contributed by atoms with E-state index in [9.17, 15) is 9.50 Å². The first-order chi connectivity index (χ1) is 15.9. The number of ether oxygens (including phenoxy) is 1. The molecule has 0 saturated carbocycles. The molecule has 0 radical (unpaired) electrons. The van der Waals surface area contributed by atoms with Crippen LogP contribution in [-0.4, -0.2) is 22.0 Å². The fourth-order valence-electron chi connectivity index (χ4n) is 4.97. The van der Waals surface area contributed by atoms with Gasteiger partial charge in [-0.15, -0.1) is 0 Å². The summed E-state index contributed by atoms with van der Waals surface area (Å²) in [6.07, 6.45) is 4.65. The van der Waals surface area contributed by atoms with Crippen LogP contribution in [0.4, 0.5) is 4.39 Å².